The molecule has 0 spiro atoms. The Kier molecular flexibility index (Phi) is 8.72. The maximum atomic E-state index is 15.3. The van der Waals surface area contributed by atoms with E-state index in [0.29, 0.717) is 31.2 Å². The third kappa shape index (κ3) is 6.69. The van der Waals surface area contributed by atoms with Gasteiger partial charge in [0.05, 0.1) is 6.61 Å². The fourth-order valence-electron chi connectivity index (χ4n) is 5.32. The number of Topliss-reactive ketones (excluding diaryl/α,β-unsaturated/α-hetero) is 1. The average Bonchev–Trinajstić information content (AvgIpc) is 2.90. The highest BCUT2D eigenvalue weighted by Gasteiger charge is 2.42. The number of hydrogen-bond acceptors (Lipinski definition) is 4. The molecule has 2 aromatic rings. The molecule has 194 valence electrons. The van der Waals surface area contributed by atoms with E-state index < -0.39 is 17.3 Å². The quantitative estimate of drug-likeness (QED) is 0.458. The normalized spacial score (nSPS) is 22.1. The van der Waals surface area contributed by atoms with Gasteiger partial charge >= 0.3 is 0 Å². The van der Waals surface area contributed by atoms with Crippen molar-refractivity contribution in [1.82, 2.24) is 10.2 Å². The van der Waals surface area contributed by atoms with Crippen molar-refractivity contribution in [2.45, 2.75) is 63.6 Å². The fraction of sp³-hybridized carbons (Fsp3) is 0.517. The number of nitrogens with zero attached hydrogens (tertiary/aromatic N) is 1. The topological polar surface area (TPSA) is 58.6 Å². The minimum atomic E-state index is -1.87. The van der Waals surface area contributed by atoms with Gasteiger partial charge in [0.25, 0.3) is 5.91 Å². The summed E-state index contributed by atoms with van der Waals surface area (Å²) in [7, 11) is 0. The molecule has 1 saturated heterocycles. The van der Waals surface area contributed by atoms with Gasteiger partial charge in [0.2, 0.25) is 0 Å². The molecule has 1 aliphatic heterocycles. The van der Waals surface area contributed by atoms with E-state index in [2.05, 4.69) is 10.2 Å². The molecule has 0 atom stereocenters. The van der Waals surface area contributed by atoms with Gasteiger partial charge in [-0.3, -0.25) is 9.59 Å². The second-order valence-corrected chi connectivity index (χ2v) is 10.1. The van der Waals surface area contributed by atoms with E-state index in [-0.39, 0.29) is 30.4 Å². The van der Waals surface area contributed by atoms with Crippen molar-refractivity contribution in [2.24, 2.45) is 5.92 Å². The lowest BCUT2D eigenvalue weighted by Crippen LogP contribution is -2.47. The first kappa shape index (κ1) is 26.3. The van der Waals surface area contributed by atoms with E-state index >= 15 is 4.39 Å². The summed E-state index contributed by atoms with van der Waals surface area (Å²) in [6.07, 6.45) is 5.46. The standard InChI is InChI=1S/C29H36F2N2O3/c1-2-36-26-13-7-23(8-14-26)28(35)32-25-11-3-21(4-12-25)15-18-33-19-16-29(31,17-20-33)27(34)22-5-9-24(30)10-6-22/h5-10,13-14,21,25H,2-4,11-12,15-20H2,1H3,(H,32,35). The number of amides is 1. The van der Waals surface area contributed by atoms with Gasteiger partial charge in [-0.25, -0.2) is 8.78 Å². The lowest BCUT2D eigenvalue weighted by molar-refractivity contribution is 0.0404. The van der Waals surface area contributed by atoms with Crippen molar-refractivity contribution in [1.29, 1.82) is 0 Å². The molecule has 0 bridgehead atoms. The smallest absolute Gasteiger partial charge is 0.251 e. The predicted octanol–water partition coefficient (Wildman–Crippen LogP) is 5.59. The molecule has 5 nitrogen and oxygen atoms in total. The predicted molar refractivity (Wildman–Crippen MR) is 136 cm³/mol. The Balaban J connectivity index is 1.15. The zero-order chi connectivity index (χ0) is 25.5. The van der Waals surface area contributed by atoms with Crippen molar-refractivity contribution < 1.29 is 23.1 Å². The molecule has 1 heterocycles. The summed E-state index contributed by atoms with van der Waals surface area (Å²) in [5, 5.41) is 3.16. The van der Waals surface area contributed by atoms with E-state index in [1.807, 2.05) is 19.1 Å². The monoisotopic (exact) mass is 498 g/mol. The molecular weight excluding hydrogens is 462 g/mol. The van der Waals surface area contributed by atoms with Crippen LogP contribution < -0.4 is 10.1 Å². The first-order valence-electron chi connectivity index (χ1n) is 13.1. The number of ether oxygens (including phenoxy) is 1. The van der Waals surface area contributed by atoms with Gasteiger partial charge in [0, 0.05) is 43.1 Å². The van der Waals surface area contributed by atoms with Crippen molar-refractivity contribution in [3.63, 3.8) is 0 Å². The highest BCUT2D eigenvalue weighted by molar-refractivity contribution is 6.02. The third-order valence-corrected chi connectivity index (χ3v) is 7.63. The van der Waals surface area contributed by atoms with Crippen LogP contribution in [0.4, 0.5) is 8.78 Å². The number of rotatable bonds is 9. The van der Waals surface area contributed by atoms with Crippen LogP contribution in [-0.2, 0) is 0 Å². The molecule has 4 rings (SSSR count). The molecular formula is C29H36F2N2O3. The molecule has 2 fully saturated rings. The molecule has 1 aliphatic carbocycles. The molecule has 2 aliphatic rings. The van der Waals surface area contributed by atoms with E-state index in [1.54, 1.807) is 12.1 Å². The summed E-state index contributed by atoms with van der Waals surface area (Å²) in [5.41, 5.74) is -0.986. The minimum absolute atomic E-state index is 0.0419. The highest BCUT2D eigenvalue weighted by atomic mass is 19.1. The summed E-state index contributed by atoms with van der Waals surface area (Å²) in [5.74, 6) is 0.354. The summed E-state index contributed by atoms with van der Waals surface area (Å²) < 4.78 is 33.9. The summed E-state index contributed by atoms with van der Waals surface area (Å²) in [6.45, 7) is 4.53. The van der Waals surface area contributed by atoms with Crippen molar-refractivity contribution in [3.8, 4) is 5.75 Å². The van der Waals surface area contributed by atoms with E-state index in [0.717, 1.165) is 44.4 Å². The lowest BCUT2D eigenvalue weighted by Gasteiger charge is -2.36. The largest absolute Gasteiger partial charge is 0.494 e. The number of piperidine rings is 1. The van der Waals surface area contributed by atoms with Gasteiger partial charge < -0.3 is 15.0 Å². The van der Waals surface area contributed by atoms with E-state index in [1.165, 1.54) is 24.3 Å². The second-order valence-electron chi connectivity index (χ2n) is 10.1. The number of alkyl halides is 1. The number of benzene rings is 2. The van der Waals surface area contributed by atoms with Crippen LogP contribution >= 0.6 is 0 Å². The van der Waals surface area contributed by atoms with Crippen molar-refractivity contribution >= 4 is 11.7 Å². The Morgan fingerprint density at radius 1 is 0.972 bits per heavy atom. The number of likely N-dealkylation sites (tertiary alicyclic amines) is 1. The molecule has 0 unspecified atom stereocenters. The molecule has 1 saturated carbocycles. The van der Waals surface area contributed by atoms with E-state index in [9.17, 15) is 14.0 Å². The second kappa shape index (κ2) is 12.0. The van der Waals surface area contributed by atoms with E-state index in [4.69, 9.17) is 4.74 Å². The number of hydrogen-bond donors (Lipinski definition) is 1. The van der Waals surface area contributed by atoms with Crippen molar-refractivity contribution in [3.05, 3.63) is 65.5 Å². The Hall–Kier alpha value is -2.80. The fourth-order valence-corrected chi connectivity index (χ4v) is 5.32. The number of halogens is 2. The van der Waals surface area contributed by atoms with Crippen LogP contribution in [0.5, 0.6) is 5.75 Å². The molecule has 0 radical (unpaired) electrons. The summed E-state index contributed by atoms with van der Waals surface area (Å²) in [6, 6.07) is 12.6. The third-order valence-electron chi connectivity index (χ3n) is 7.63. The van der Waals surface area contributed by atoms with Gasteiger partial charge in [0.15, 0.2) is 11.5 Å². The first-order chi connectivity index (χ1) is 17.4. The van der Waals surface area contributed by atoms with Gasteiger partial charge in [-0.15, -0.1) is 0 Å². The molecule has 1 N–H and O–H groups in total. The van der Waals surface area contributed by atoms with Crippen LogP contribution in [0, 0.1) is 11.7 Å². The first-order valence-corrected chi connectivity index (χ1v) is 13.1. The number of ketones is 1. The van der Waals surface area contributed by atoms with Crippen molar-refractivity contribution in [2.75, 3.05) is 26.2 Å². The average molecular weight is 499 g/mol. The Labute approximate surface area is 212 Å². The maximum absolute atomic E-state index is 15.3. The van der Waals surface area contributed by atoms with Crippen LogP contribution in [0.25, 0.3) is 0 Å². The highest BCUT2D eigenvalue weighted by Crippen LogP contribution is 2.32. The van der Waals surface area contributed by atoms with Crippen LogP contribution in [-0.4, -0.2) is 54.5 Å². The number of nitrogens with one attached hydrogen (secondary N) is 1. The minimum Gasteiger partial charge on any atom is -0.494 e. The molecule has 0 aromatic heterocycles. The SMILES string of the molecule is CCOc1ccc(C(=O)NC2CCC(CCN3CCC(F)(C(=O)c4ccc(F)cc4)CC3)CC2)cc1. The lowest BCUT2D eigenvalue weighted by atomic mass is 9.83. The number of carbonyl (C=O) groups is 2. The van der Waals surface area contributed by atoms with Gasteiger partial charge in [0.1, 0.15) is 11.6 Å². The van der Waals surface area contributed by atoms with Crippen LogP contribution in [0.15, 0.2) is 48.5 Å². The van der Waals surface area contributed by atoms with Gasteiger partial charge in [-0.05, 0) is 100 Å². The molecule has 1 amide bonds. The Morgan fingerprint density at radius 3 is 2.19 bits per heavy atom. The zero-order valence-electron chi connectivity index (χ0n) is 21.0. The zero-order valence-corrected chi connectivity index (χ0v) is 21.0. The van der Waals surface area contributed by atoms with Crippen LogP contribution in [0.1, 0.15) is 72.6 Å². The number of carbonyl (C=O) groups excluding carboxylic acids is 2. The Morgan fingerprint density at radius 2 is 1.58 bits per heavy atom. The van der Waals surface area contributed by atoms with Crippen LogP contribution in [0.2, 0.25) is 0 Å². The molecule has 2 aromatic carbocycles. The summed E-state index contributed by atoms with van der Waals surface area (Å²) in [4.78, 5) is 27.4. The van der Waals surface area contributed by atoms with Crippen LogP contribution in [0.3, 0.4) is 0 Å². The van der Waals surface area contributed by atoms with Gasteiger partial charge in [-0.2, -0.15) is 0 Å². The molecule has 36 heavy (non-hydrogen) atoms. The molecule has 7 heteroatoms. The maximum Gasteiger partial charge on any atom is 0.251 e. The van der Waals surface area contributed by atoms with Gasteiger partial charge in [-0.1, -0.05) is 0 Å². The Bertz CT molecular complexity index is 1010. The summed E-state index contributed by atoms with van der Waals surface area (Å²) >= 11 is 0.